The van der Waals surface area contributed by atoms with Crippen molar-refractivity contribution in [2.75, 3.05) is 11.5 Å². The summed E-state index contributed by atoms with van der Waals surface area (Å²) < 4.78 is 11.5. The summed E-state index contributed by atoms with van der Waals surface area (Å²) in [6.45, 7) is 5.98. The minimum atomic E-state index is -0.724. The zero-order valence-electron chi connectivity index (χ0n) is 17.6. The quantitative estimate of drug-likeness (QED) is 0.354. The number of amides is 1. The van der Waals surface area contributed by atoms with E-state index < -0.39 is 11.9 Å². The second-order valence-electron chi connectivity index (χ2n) is 7.39. The second-order valence-corrected chi connectivity index (χ2v) is 8.87. The highest BCUT2D eigenvalue weighted by Gasteiger charge is 2.45. The van der Waals surface area contributed by atoms with E-state index in [9.17, 15) is 9.59 Å². The molecule has 9 heteroatoms. The summed E-state index contributed by atoms with van der Waals surface area (Å²) in [6, 6.07) is 11.3. The minimum Gasteiger partial charge on any atom is -0.490 e. The van der Waals surface area contributed by atoms with Crippen LogP contribution in [-0.4, -0.2) is 22.7 Å². The maximum atomic E-state index is 13.6. The summed E-state index contributed by atoms with van der Waals surface area (Å²) in [6.07, 6.45) is 2.34. The number of carbonyl (C=O) groups excluding carboxylic acids is 1. The lowest BCUT2D eigenvalue weighted by atomic mass is 9.98. The molecule has 0 aliphatic carbocycles. The zero-order chi connectivity index (χ0) is 23.1. The second kappa shape index (κ2) is 8.46. The Morgan fingerprint density at radius 2 is 2.00 bits per heavy atom. The van der Waals surface area contributed by atoms with E-state index in [2.05, 4.69) is 16.8 Å². The van der Waals surface area contributed by atoms with Crippen molar-refractivity contribution in [3.63, 3.8) is 0 Å². The molecule has 2 aromatic heterocycles. The van der Waals surface area contributed by atoms with Gasteiger partial charge >= 0.3 is 0 Å². The van der Waals surface area contributed by atoms with Gasteiger partial charge in [-0.05, 0) is 42.3 Å². The Labute approximate surface area is 197 Å². The standard InChI is InChI=1S/C24H18ClN3O4S/c1-3-11-31-15-8-5-13(6-9-15)20-19-21(29)16-12-14(25)7-10-17(16)32-22(19)23(30)28(20)24-27-26-18(4-2)33-24/h3,5-10,12,20H,1,4,11H2,2H3/t20-/m0/s1. The van der Waals surface area contributed by atoms with E-state index >= 15 is 0 Å². The molecule has 1 atom stereocenters. The Balaban J connectivity index is 1.71. The fourth-order valence-corrected chi connectivity index (χ4v) is 4.82. The van der Waals surface area contributed by atoms with Crippen molar-refractivity contribution in [2.45, 2.75) is 19.4 Å². The third-order valence-corrected chi connectivity index (χ3v) is 6.66. The van der Waals surface area contributed by atoms with Gasteiger partial charge in [0.1, 0.15) is 22.9 Å². The Morgan fingerprint density at radius 1 is 1.21 bits per heavy atom. The van der Waals surface area contributed by atoms with Crippen molar-refractivity contribution < 1.29 is 13.9 Å². The molecule has 2 aromatic carbocycles. The van der Waals surface area contributed by atoms with Crippen molar-refractivity contribution in [1.29, 1.82) is 0 Å². The van der Waals surface area contributed by atoms with E-state index in [1.54, 1.807) is 36.4 Å². The highest BCUT2D eigenvalue weighted by molar-refractivity contribution is 7.15. The van der Waals surface area contributed by atoms with Crippen LogP contribution in [0.3, 0.4) is 0 Å². The molecule has 3 heterocycles. The highest BCUT2D eigenvalue weighted by Crippen LogP contribution is 2.42. The molecule has 0 radical (unpaired) electrons. The van der Waals surface area contributed by atoms with Gasteiger partial charge in [-0.1, -0.05) is 54.6 Å². The van der Waals surface area contributed by atoms with Crippen molar-refractivity contribution in [3.05, 3.63) is 92.3 Å². The maximum Gasteiger partial charge on any atom is 0.297 e. The van der Waals surface area contributed by atoms with E-state index in [0.717, 1.165) is 10.6 Å². The molecule has 1 amide bonds. The van der Waals surface area contributed by atoms with Crippen LogP contribution in [0.25, 0.3) is 11.0 Å². The van der Waals surface area contributed by atoms with Crippen molar-refractivity contribution >= 4 is 44.9 Å². The number of ether oxygens (including phenoxy) is 1. The SMILES string of the molecule is C=CCOc1ccc([C@H]2c3c(oc4ccc(Cl)cc4c3=O)C(=O)N2c2nnc(CC)s2)cc1. The molecular formula is C24H18ClN3O4S. The molecular weight excluding hydrogens is 462 g/mol. The Morgan fingerprint density at radius 3 is 2.70 bits per heavy atom. The first kappa shape index (κ1) is 21.4. The number of benzene rings is 2. The van der Waals surface area contributed by atoms with Crippen molar-refractivity contribution in [3.8, 4) is 5.75 Å². The van der Waals surface area contributed by atoms with Gasteiger partial charge in [-0.2, -0.15) is 0 Å². The van der Waals surface area contributed by atoms with Gasteiger partial charge < -0.3 is 9.15 Å². The molecule has 1 aliphatic heterocycles. The number of hydrogen-bond donors (Lipinski definition) is 0. The Bertz CT molecular complexity index is 1440. The van der Waals surface area contributed by atoms with Crippen molar-refractivity contribution in [2.24, 2.45) is 0 Å². The predicted molar refractivity (Wildman–Crippen MR) is 128 cm³/mol. The number of fused-ring (bicyclic) bond motifs is 2. The molecule has 0 bridgehead atoms. The van der Waals surface area contributed by atoms with Crippen LogP contribution in [0.5, 0.6) is 5.75 Å². The molecule has 5 rings (SSSR count). The number of hydrogen-bond acceptors (Lipinski definition) is 7. The molecule has 7 nitrogen and oxygen atoms in total. The molecule has 0 fully saturated rings. The lowest BCUT2D eigenvalue weighted by Gasteiger charge is -2.22. The number of aryl methyl sites for hydroxylation is 1. The number of nitrogens with zero attached hydrogens (tertiary/aromatic N) is 3. The van der Waals surface area contributed by atoms with Crippen LogP contribution in [0.1, 0.15) is 39.7 Å². The molecule has 0 saturated heterocycles. The largest absolute Gasteiger partial charge is 0.490 e. The third-order valence-electron chi connectivity index (χ3n) is 5.36. The maximum absolute atomic E-state index is 13.6. The minimum absolute atomic E-state index is 0.0000508. The number of rotatable bonds is 6. The first-order valence-electron chi connectivity index (χ1n) is 10.3. The monoisotopic (exact) mass is 479 g/mol. The lowest BCUT2D eigenvalue weighted by molar-refractivity contribution is 0.0970. The molecule has 4 aromatic rings. The fourth-order valence-electron chi connectivity index (χ4n) is 3.84. The molecule has 33 heavy (non-hydrogen) atoms. The molecule has 1 aliphatic rings. The van der Waals surface area contributed by atoms with Gasteiger partial charge in [-0.3, -0.25) is 14.5 Å². The smallest absolute Gasteiger partial charge is 0.297 e. The van der Waals surface area contributed by atoms with Gasteiger partial charge in [-0.25, -0.2) is 0 Å². The summed E-state index contributed by atoms with van der Waals surface area (Å²) >= 11 is 7.44. The highest BCUT2D eigenvalue weighted by atomic mass is 35.5. The van der Waals surface area contributed by atoms with E-state index in [4.69, 9.17) is 20.8 Å². The number of anilines is 1. The zero-order valence-corrected chi connectivity index (χ0v) is 19.2. The van der Waals surface area contributed by atoms with Crippen LogP contribution >= 0.6 is 22.9 Å². The number of halogens is 1. The van der Waals surface area contributed by atoms with Crippen LogP contribution < -0.4 is 15.1 Å². The van der Waals surface area contributed by atoms with Crippen LogP contribution in [0.15, 0.2) is 64.3 Å². The van der Waals surface area contributed by atoms with Crippen LogP contribution in [0, 0.1) is 0 Å². The fraction of sp³-hybridized carbons (Fsp3) is 0.167. The van der Waals surface area contributed by atoms with Gasteiger partial charge in [-0.15, -0.1) is 10.2 Å². The molecule has 166 valence electrons. The topological polar surface area (TPSA) is 85.5 Å². The van der Waals surface area contributed by atoms with Crippen LogP contribution in [0.2, 0.25) is 5.02 Å². The summed E-state index contributed by atoms with van der Waals surface area (Å²) in [4.78, 5) is 28.6. The Hall–Kier alpha value is -3.49. The van der Waals surface area contributed by atoms with Gasteiger partial charge in [0, 0.05) is 5.02 Å². The lowest BCUT2D eigenvalue weighted by Crippen LogP contribution is -2.29. The summed E-state index contributed by atoms with van der Waals surface area (Å²) in [7, 11) is 0. The molecule has 0 spiro atoms. The summed E-state index contributed by atoms with van der Waals surface area (Å²) in [5, 5.41) is 10.3. The summed E-state index contributed by atoms with van der Waals surface area (Å²) in [5.41, 5.74) is 0.969. The molecule has 0 saturated carbocycles. The average Bonchev–Trinajstić information content (AvgIpc) is 3.41. The van der Waals surface area contributed by atoms with E-state index in [-0.39, 0.29) is 16.8 Å². The molecule has 0 N–H and O–H groups in total. The van der Waals surface area contributed by atoms with Gasteiger partial charge in [0.2, 0.25) is 10.9 Å². The normalized spacial score (nSPS) is 15.2. The Kier molecular flexibility index (Phi) is 5.47. The van der Waals surface area contributed by atoms with E-state index in [1.165, 1.54) is 16.2 Å². The third kappa shape index (κ3) is 3.61. The number of carbonyl (C=O) groups is 1. The first-order valence-corrected chi connectivity index (χ1v) is 11.5. The van der Waals surface area contributed by atoms with Gasteiger partial charge in [0.25, 0.3) is 5.91 Å². The first-order chi connectivity index (χ1) is 16.0. The van der Waals surface area contributed by atoms with E-state index in [0.29, 0.717) is 39.9 Å². The van der Waals surface area contributed by atoms with Crippen molar-refractivity contribution in [1.82, 2.24) is 10.2 Å². The summed E-state index contributed by atoms with van der Waals surface area (Å²) in [5.74, 6) is 0.214. The number of aromatic nitrogens is 2. The predicted octanol–water partition coefficient (Wildman–Crippen LogP) is 5.17. The van der Waals surface area contributed by atoms with Gasteiger partial charge in [0.05, 0.1) is 17.0 Å². The van der Waals surface area contributed by atoms with Gasteiger partial charge in [0.15, 0.2) is 5.43 Å². The van der Waals surface area contributed by atoms with Crippen LogP contribution in [0.4, 0.5) is 5.13 Å². The van der Waals surface area contributed by atoms with Crippen LogP contribution in [-0.2, 0) is 6.42 Å². The molecule has 0 unspecified atom stereocenters. The van der Waals surface area contributed by atoms with E-state index in [1.807, 2.05) is 19.1 Å². The average molecular weight is 480 g/mol.